The summed E-state index contributed by atoms with van der Waals surface area (Å²) in [6.45, 7) is 2.18. The molecule has 0 radical (unpaired) electrons. The maximum absolute atomic E-state index is 11.3. The molecule has 1 aromatic heterocycles. The Labute approximate surface area is 136 Å². The van der Waals surface area contributed by atoms with Crippen LogP contribution in [0.3, 0.4) is 0 Å². The summed E-state index contributed by atoms with van der Waals surface area (Å²) in [6.07, 6.45) is 1.46. The molecule has 2 aromatic rings. The van der Waals surface area contributed by atoms with Crippen LogP contribution in [0.1, 0.15) is 21.6 Å². The Morgan fingerprint density at radius 2 is 2.14 bits per heavy atom. The molecule has 0 bridgehead atoms. The van der Waals surface area contributed by atoms with E-state index in [0.717, 1.165) is 10.0 Å². The number of carbonyl (C=O) groups is 1. The predicted octanol–water partition coefficient (Wildman–Crippen LogP) is 4.17. The molecular formula is C15H13BrClNO3. The van der Waals surface area contributed by atoms with E-state index < -0.39 is 5.97 Å². The van der Waals surface area contributed by atoms with Crippen molar-refractivity contribution in [1.82, 2.24) is 4.98 Å². The Morgan fingerprint density at radius 1 is 1.38 bits per heavy atom. The lowest BCUT2D eigenvalue weighted by Crippen LogP contribution is -2.04. The number of halogens is 2. The van der Waals surface area contributed by atoms with Gasteiger partial charge in [-0.1, -0.05) is 27.5 Å². The molecule has 0 aliphatic heterocycles. The number of aromatic nitrogens is 1. The molecule has 0 saturated carbocycles. The fraction of sp³-hybridized carbons (Fsp3) is 0.200. The number of carbonyl (C=O) groups excluding carboxylic acids is 1. The molecule has 6 heteroatoms. The van der Waals surface area contributed by atoms with Crippen LogP contribution in [-0.4, -0.2) is 18.1 Å². The summed E-state index contributed by atoms with van der Waals surface area (Å²) in [4.78, 5) is 15.5. The third-order valence-electron chi connectivity index (χ3n) is 2.80. The second kappa shape index (κ2) is 6.91. The quantitative estimate of drug-likeness (QED) is 0.758. The van der Waals surface area contributed by atoms with Crippen LogP contribution in [0.15, 0.2) is 34.9 Å². The maximum Gasteiger partial charge on any atom is 0.339 e. The molecule has 110 valence electrons. The second-order valence-corrected chi connectivity index (χ2v) is 5.67. The van der Waals surface area contributed by atoms with E-state index in [1.807, 2.05) is 13.0 Å². The van der Waals surface area contributed by atoms with Gasteiger partial charge >= 0.3 is 5.97 Å². The van der Waals surface area contributed by atoms with Crippen molar-refractivity contribution in [3.8, 4) is 5.75 Å². The number of hydrogen-bond acceptors (Lipinski definition) is 4. The summed E-state index contributed by atoms with van der Waals surface area (Å²) in [6, 6.07) is 7.06. The van der Waals surface area contributed by atoms with E-state index in [4.69, 9.17) is 16.3 Å². The van der Waals surface area contributed by atoms with Gasteiger partial charge in [0.05, 0.1) is 23.4 Å². The minimum Gasteiger partial charge on any atom is -0.485 e. The minimum atomic E-state index is -0.415. The highest BCUT2D eigenvalue weighted by Gasteiger charge is 2.09. The SMILES string of the molecule is COC(=O)c1ccc(COc2c(C)cc(Br)cc2Cl)nc1. The maximum atomic E-state index is 11.3. The average Bonchev–Trinajstić information content (AvgIpc) is 2.46. The molecule has 0 saturated heterocycles. The van der Waals surface area contributed by atoms with E-state index in [1.165, 1.54) is 13.3 Å². The van der Waals surface area contributed by atoms with Crippen molar-refractivity contribution in [3.05, 3.63) is 56.8 Å². The largest absolute Gasteiger partial charge is 0.485 e. The van der Waals surface area contributed by atoms with Gasteiger partial charge in [0.25, 0.3) is 0 Å². The van der Waals surface area contributed by atoms with E-state index >= 15 is 0 Å². The molecule has 0 aliphatic carbocycles. The summed E-state index contributed by atoms with van der Waals surface area (Å²) in [5.41, 5.74) is 2.03. The Kier molecular flexibility index (Phi) is 5.20. The molecule has 0 N–H and O–H groups in total. The summed E-state index contributed by atoms with van der Waals surface area (Å²) >= 11 is 9.53. The van der Waals surface area contributed by atoms with Crippen molar-refractivity contribution < 1.29 is 14.3 Å². The first-order chi connectivity index (χ1) is 10.0. The van der Waals surface area contributed by atoms with Gasteiger partial charge in [0.2, 0.25) is 0 Å². The molecule has 0 fully saturated rings. The van der Waals surface area contributed by atoms with Crippen LogP contribution in [0, 0.1) is 6.92 Å². The van der Waals surface area contributed by atoms with Crippen molar-refractivity contribution in [2.75, 3.05) is 7.11 Å². The molecule has 0 aliphatic rings. The van der Waals surface area contributed by atoms with Gasteiger partial charge in [0.15, 0.2) is 0 Å². The monoisotopic (exact) mass is 369 g/mol. The van der Waals surface area contributed by atoms with Gasteiger partial charge in [-0.2, -0.15) is 0 Å². The van der Waals surface area contributed by atoms with E-state index in [2.05, 4.69) is 25.7 Å². The Balaban J connectivity index is 2.08. The number of aryl methyl sites for hydroxylation is 1. The van der Waals surface area contributed by atoms with Gasteiger partial charge in [-0.3, -0.25) is 4.98 Å². The van der Waals surface area contributed by atoms with Crippen LogP contribution in [0.25, 0.3) is 0 Å². The number of ether oxygens (including phenoxy) is 2. The van der Waals surface area contributed by atoms with Crippen molar-refractivity contribution in [2.24, 2.45) is 0 Å². The van der Waals surface area contributed by atoms with Gasteiger partial charge < -0.3 is 9.47 Å². The molecule has 1 heterocycles. The molecule has 0 spiro atoms. The molecule has 0 atom stereocenters. The van der Waals surface area contributed by atoms with Crippen molar-refractivity contribution in [3.63, 3.8) is 0 Å². The highest BCUT2D eigenvalue weighted by Crippen LogP contribution is 2.32. The molecule has 4 nitrogen and oxygen atoms in total. The van der Waals surface area contributed by atoms with Gasteiger partial charge in [-0.25, -0.2) is 4.79 Å². The minimum absolute atomic E-state index is 0.268. The third-order valence-corrected chi connectivity index (χ3v) is 3.54. The molecule has 0 amide bonds. The van der Waals surface area contributed by atoms with Crippen LogP contribution >= 0.6 is 27.5 Å². The number of pyridine rings is 1. The standard InChI is InChI=1S/C15H13BrClNO3/c1-9-5-11(16)6-13(17)14(9)21-8-12-4-3-10(7-18-12)15(19)20-2/h3-7H,8H2,1-2H3. The number of rotatable bonds is 4. The van der Waals surface area contributed by atoms with Gasteiger partial charge in [-0.05, 0) is 36.8 Å². The smallest absolute Gasteiger partial charge is 0.339 e. The van der Waals surface area contributed by atoms with Crippen LogP contribution in [-0.2, 0) is 11.3 Å². The zero-order valence-corrected chi connectivity index (χ0v) is 13.9. The van der Waals surface area contributed by atoms with E-state index in [9.17, 15) is 4.79 Å². The van der Waals surface area contributed by atoms with E-state index in [1.54, 1.807) is 18.2 Å². The second-order valence-electron chi connectivity index (χ2n) is 4.35. The highest BCUT2D eigenvalue weighted by atomic mass is 79.9. The summed E-state index contributed by atoms with van der Waals surface area (Å²) < 4.78 is 11.2. The van der Waals surface area contributed by atoms with E-state index in [0.29, 0.717) is 22.0 Å². The number of esters is 1. The first-order valence-electron chi connectivity index (χ1n) is 6.13. The number of nitrogens with zero attached hydrogens (tertiary/aromatic N) is 1. The molecule has 0 unspecified atom stereocenters. The van der Waals surface area contributed by atoms with Crippen LogP contribution in [0.5, 0.6) is 5.75 Å². The fourth-order valence-corrected chi connectivity index (χ4v) is 2.79. The van der Waals surface area contributed by atoms with Crippen LogP contribution < -0.4 is 4.74 Å². The first kappa shape index (κ1) is 15.8. The Morgan fingerprint density at radius 3 is 2.71 bits per heavy atom. The van der Waals surface area contributed by atoms with Crippen molar-refractivity contribution in [2.45, 2.75) is 13.5 Å². The summed E-state index contributed by atoms with van der Waals surface area (Å²) in [5, 5.41) is 0.535. The molecular weight excluding hydrogens is 358 g/mol. The van der Waals surface area contributed by atoms with Gasteiger partial charge in [-0.15, -0.1) is 0 Å². The normalized spacial score (nSPS) is 10.3. The zero-order chi connectivity index (χ0) is 15.4. The molecule has 1 aromatic carbocycles. The molecule has 2 rings (SSSR count). The lowest BCUT2D eigenvalue weighted by atomic mass is 10.2. The fourth-order valence-electron chi connectivity index (χ4n) is 1.77. The van der Waals surface area contributed by atoms with Gasteiger partial charge in [0, 0.05) is 10.7 Å². The summed E-state index contributed by atoms with van der Waals surface area (Å²) in [5.74, 6) is 0.209. The number of hydrogen-bond donors (Lipinski definition) is 0. The van der Waals surface area contributed by atoms with Crippen molar-refractivity contribution >= 4 is 33.5 Å². The van der Waals surface area contributed by atoms with Gasteiger partial charge in [0.1, 0.15) is 12.4 Å². The van der Waals surface area contributed by atoms with Crippen molar-refractivity contribution in [1.29, 1.82) is 0 Å². The van der Waals surface area contributed by atoms with Crippen LogP contribution in [0.2, 0.25) is 5.02 Å². The van der Waals surface area contributed by atoms with Crippen LogP contribution in [0.4, 0.5) is 0 Å². The third kappa shape index (κ3) is 3.95. The van der Waals surface area contributed by atoms with E-state index in [-0.39, 0.29) is 6.61 Å². The zero-order valence-electron chi connectivity index (χ0n) is 11.5. The highest BCUT2D eigenvalue weighted by molar-refractivity contribution is 9.10. The topological polar surface area (TPSA) is 48.4 Å². The Bertz CT molecular complexity index is 635. The summed E-state index contributed by atoms with van der Waals surface area (Å²) in [7, 11) is 1.33. The average molecular weight is 371 g/mol. The number of benzene rings is 1. The lowest BCUT2D eigenvalue weighted by molar-refractivity contribution is 0.0600. The molecule has 21 heavy (non-hydrogen) atoms. The number of methoxy groups -OCH3 is 1. The predicted molar refractivity (Wildman–Crippen MR) is 83.8 cm³/mol. The lowest BCUT2D eigenvalue weighted by Gasteiger charge is -2.11. The Hall–Kier alpha value is -1.59. The first-order valence-corrected chi connectivity index (χ1v) is 7.30.